The van der Waals surface area contributed by atoms with Gasteiger partial charge in [0, 0.05) is 43.1 Å². The van der Waals surface area contributed by atoms with E-state index in [1.54, 1.807) is 49.9 Å². The van der Waals surface area contributed by atoms with Gasteiger partial charge in [-0.1, -0.05) is 59.2 Å². The van der Waals surface area contributed by atoms with Gasteiger partial charge in [-0.3, -0.25) is 4.79 Å². The Labute approximate surface area is 272 Å². The van der Waals surface area contributed by atoms with Crippen LogP contribution in [0.2, 0.25) is 0 Å². The van der Waals surface area contributed by atoms with Crippen LogP contribution in [0.5, 0.6) is 0 Å². The number of pyridine rings is 1. The molecule has 0 aliphatic carbocycles. The van der Waals surface area contributed by atoms with Gasteiger partial charge in [0.05, 0.1) is 29.5 Å². The molecule has 3 heterocycles. The van der Waals surface area contributed by atoms with Gasteiger partial charge < -0.3 is 15.1 Å². The van der Waals surface area contributed by atoms with E-state index in [4.69, 9.17) is 4.28 Å². The number of anilines is 3. The van der Waals surface area contributed by atoms with Crippen molar-refractivity contribution in [1.82, 2.24) is 19.7 Å². The maximum Gasteiger partial charge on any atom is 0.420 e. The SMILES string of the molecule is Cc1ccc(-n2nc(C(C)(C)C)cc2N(OS(C)(=O)=O)C(=O)Nc2cnc(N3CCN(C(=O)C(C)(C)C)CC3)c(C(F)(F)F)c2)cc1. The van der Waals surface area contributed by atoms with Crippen LogP contribution >= 0.6 is 0 Å². The number of hydrogen-bond acceptors (Lipinski definition) is 8. The molecule has 0 saturated carbocycles. The third-order valence-corrected chi connectivity index (χ3v) is 7.69. The molecule has 2 aromatic heterocycles. The van der Waals surface area contributed by atoms with Gasteiger partial charge in [-0.05, 0) is 25.1 Å². The summed E-state index contributed by atoms with van der Waals surface area (Å²) in [6.07, 6.45) is -3.07. The van der Waals surface area contributed by atoms with E-state index in [-0.39, 0.29) is 49.4 Å². The Balaban J connectivity index is 1.69. The molecule has 0 spiro atoms. The fraction of sp³-hybridized carbons (Fsp3) is 0.484. The van der Waals surface area contributed by atoms with Crippen LogP contribution in [0.25, 0.3) is 5.69 Å². The van der Waals surface area contributed by atoms with Crippen LogP contribution in [-0.2, 0) is 30.8 Å². The van der Waals surface area contributed by atoms with Crippen LogP contribution in [0.3, 0.4) is 0 Å². The molecule has 1 fully saturated rings. The molecule has 0 atom stereocenters. The molecule has 0 radical (unpaired) electrons. The first-order chi connectivity index (χ1) is 21.5. The number of aryl methyl sites for hydroxylation is 1. The fourth-order valence-electron chi connectivity index (χ4n) is 4.83. The zero-order valence-corrected chi connectivity index (χ0v) is 28.5. The minimum atomic E-state index is -4.85. The highest BCUT2D eigenvalue weighted by molar-refractivity contribution is 7.86. The third-order valence-electron chi connectivity index (χ3n) is 7.27. The second kappa shape index (κ2) is 12.8. The standard InChI is InChI=1S/C31H40F3N7O5S/c1-20-9-11-22(12-10-20)40-25(18-24(37-40)29(2,3)4)41(46-47(8,44)45)28(43)36-21-17-23(31(32,33)34)26(35-19-21)38-13-15-39(16-14-38)27(42)30(5,6)7/h9-12,17-19H,13-16H2,1-8H3,(H,36,43). The molecule has 0 unspecified atom stereocenters. The van der Waals surface area contributed by atoms with E-state index in [9.17, 15) is 31.2 Å². The van der Waals surface area contributed by atoms with Crippen molar-refractivity contribution < 1.29 is 35.5 Å². The lowest BCUT2D eigenvalue weighted by molar-refractivity contribution is -0.140. The summed E-state index contributed by atoms with van der Waals surface area (Å²) in [4.78, 5) is 33.4. The van der Waals surface area contributed by atoms with E-state index < -0.39 is 38.7 Å². The highest BCUT2D eigenvalue weighted by Gasteiger charge is 2.38. The number of halogens is 3. The van der Waals surface area contributed by atoms with Crippen LogP contribution in [0.15, 0.2) is 42.6 Å². The van der Waals surface area contributed by atoms with Gasteiger partial charge in [0.1, 0.15) is 11.4 Å². The molecule has 12 nitrogen and oxygen atoms in total. The average molecular weight is 680 g/mol. The van der Waals surface area contributed by atoms with Crippen LogP contribution in [0.1, 0.15) is 58.4 Å². The van der Waals surface area contributed by atoms with Crippen molar-refractivity contribution in [3.05, 3.63) is 59.4 Å². The quantitative estimate of drug-likeness (QED) is 0.338. The Morgan fingerprint density at radius 1 is 0.957 bits per heavy atom. The van der Waals surface area contributed by atoms with Crippen molar-refractivity contribution >= 4 is 39.4 Å². The lowest BCUT2D eigenvalue weighted by atomic mass is 9.92. The number of benzene rings is 1. The molecular formula is C31H40F3N7O5S. The molecule has 3 amide bonds. The Bertz CT molecular complexity index is 1740. The highest BCUT2D eigenvalue weighted by atomic mass is 32.2. The molecule has 16 heteroatoms. The monoisotopic (exact) mass is 679 g/mol. The van der Waals surface area contributed by atoms with Crippen molar-refractivity contribution in [3.63, 3.8) is 0 Å². The molecule has 1 aliphatic heterocycles. The maximum absolute atomic E-state index is 14.3. The van der Waals surface area contributed by atoms with Crippen LogP contribution < -0.4 is 15.3 Å². The van der Waals surface area contributed by atoms with Crippen LogP contribution in [-0.4, -0.2) is 72.5 Å². The number of aromatic nitrogens is 3. The smallest absolute Gasteiger partial charge is 0.353 e. The Morgan fingerprint density at radius 3 is 2.06 bits per heavy atom. The zero-order valence-electron chi connectivity index (χ0n) is 27.6. The topological polar surface area (TPSA) is 130 Å². The van der Waals surface area contributed by atoms with E-state index in [0.717, 1.165) is 24.1 Å². The number of carbonyl (C=O) groups is 2. The van der Waals surface area contributed by atoms with Gasteiger partial charge in [0.15, 0.2) is 5.82 Å². The highest BCUT2D eigenvalue weighted by Crippen LogP contribution is 2.38. The third kappa shape index (κ3) is 8.60. The normalized spacial score (nSPS) is 14.7. The molecule has 1 aliphatic rings. The summed E-state index contributed by atoms with van der Waals surface area (Å²) >= 11 is 0. The molecule has 1 saturated heterocycles. The van der Waals surface area contributed by atoms with Gasteiger partial charge >= 0.3 is 12.2 Å². The minimum Gasteiger partial charge on any atom is -0.353 e. The van der Waals surface area contributed by atoms with E-state index >= 15 is 0 Å². The second-order valence-corrected chi connectivity index (χ2v) is 15.1. The molecule has 0 bridgehead atoms. The molecule has 47 heavy (non-hydrogen) atoms. The van der Waals surface area contributed by atoms with Crippen LogP contribution in [0.4, 0.5) is 35.3 Å². The number of piperazine rings is 1. The second-order valence-electron chi connectivity index (χ2n) is 13.5. The van der Waals surface area contributed by atoms with E-state index in [2.05, 4.69) is 15.4 Å². The summed E-state index contributed by atoms with van der Waals surface area (Å²) in [7, 11) is -4.32. The number of alkyl halides is 3. The number of urea groups is 1. The van der Waals surface area contributed by atoms with Crippen LogP contribution in [0, 0.1) is 12.3 Å². The van der Waals surface area contributed by atoms with Gasteiger partial charge in [-0.2, -0.15) is 26.7 Å². The van der Waals surface area contributed by atoms with Gasteiger partial charge in [0.2, 0.25) is 5.91 Å². The maximum atomic E-state index is 14.3. The lowest BCUT2D eigenvalue weighted by Gasteiger charge is -2.38. The first-order valence-corrected chi connectivity index (χ1v) is 16.7. The minimum absolute atomic E-state index is 0.0987. The van der Waals surface area contributed by atoms with Crippen molar-refractivity contribution in [2.24, 2.45) is 5.41 Å². The number of nitrogens with zero attached hydrogens (tertiary/aromatic N) is 6. The summed E-state index contributed by atoms with van der Waals surface area (Å²) in [5, 5.41) is 7.33. The predicted molar refractivity (Wildman–Crippen MR) is 172 cm³/mol. The predicted octanol–water partition coefficient (Wildman–Crippen LogP) is 5.52. The molecule has 1 N–H and O–H groups in total. The van der Waals surface area contributed by atoms with Gasteiger partial charge in [-0.15, -0.1) is 9.35 Å². The summed E-state index contributed by atoms with van der Waals surface area (Å²) in [6, 6.07) is 8.01. The Kier molecular flexibility index (Phi) is 9.70. The molecule has 3 aromatic rings. The van der Waals surface area contributed by atoms with Gasteiger partial charge in [-0.25, -0.2) is 14.5 Å². The lowest BCUT2D eigenvalue weighted by Crippen LogP contribution is -2.52. The number of carbonyl (C=O) groups excluding carboxylic acids is 2. The Morgan fingerprint density at radius 2 is 1.55 bits per heavy atom. The fourth-order valence-corrected chi connectivity index (χ4v) is 5.24. The number of hydroxylamine groups is 1. The average Bonchev–Trinajstić information content (AvgIpc) is 3.41. The van der Waals surface area contributed by atoms with Crippen molar-refractivity contribution in [1.29, 1.82) is 0 Å². The van der Waals surface area contributed by atoms with Gasteiger partial charge in [0.25, 0.3) is 10.1 Å². The molecule has 4 rings (SSSR count). The van der Waals surface area contributed by atoms with E-state index in [0.29, 0.717) is 16.4 Å². The van der Waals surface area contributed by atoms with Crippen molar-refractivity contribution in [3.8, 4) is 5.69 Å². The molecular weight excluding hydrogens is 639 g/mol. The first-order valence-electron chi connectivity index (χ1n) is 14.8. The molecule has 256 valence electrons. The van der Waals surface area contributed by atoms with E-state index in [1.807, 2.05) is 27.7 Å². The van der Waals surface area contributed by atoms with E-state index in [1.165, 1.54) is 15.6 Å². The number of nitrogens with one attached hydrogen (secondary N) is 1. The number of rotatable bonds is 6. The largest absolute Gasteiger partial charge is 0.420 e. The summed E-state index contributed by atoms with van der Waals surface area (Å²) < 4.78 is 74.1. The summed E-state index contributed by atoms with van der Waals surface area (Å²) in [5.41, 5.74) is -0.725. The number of hydrogen-bond donors (Lipinski definition) is 1. The van der Waals surface area contributed by atoms with Crippen molar-refractivity contribution in [2.75, 3.05) is 47.7 Å². The zero-order chi connectivity index (χ0) is 35.1. The summed E-state index contributed by atoms with van der Waals surface area (Å²) in [6.45, 7) is 13.5. The Hall–Kier alpha value is -4.18. The molecule has 1 aromatic carbocycles. The van der Waals surface area contributed by atoms with Crippen molar-refractivity contribution in [2.45, 2.75) is 60.1 Å². The first kappa shape index (κ1) is 35.7. The number of amides is 3. The summed E-state index contributed by atoms with van der Waals surface area (Å²) in [5.74, 6) is -0.557.